The zero-order chi connectivity index (χ0) is 14.5. The molecule has 0 aromatic heterocycles. The number of hydrogen-bond acceptors (Lipinski definition) is 3. The second kappa shape index (κ2) is 6.80. The van der Waals surface area contributed by atoms with Crippen LogP contribution >= 0.6 is 0 Å². The summed E-state index contributed by atoms with van der Waals surface area (Å²) < 4.78 is 5.52. The maximum Gasteiger partial charge on any atom is 0.0482 e. The molecule has 1 saturated carbocycles. The van der Waals surface area contributed by atoms with Crippen LogP contribution in [0, 0.1) is 0 Å². The van der Waals surface area contributed by atoms with Gasteiger partial charge in [-0.25, -0.2) is 0 Å². The van der Waals surface area contributed by atoms with E-state index in [9.17, 15) is 0 Å². The molecule has 0 amide bonds. The molecule has 1 aliphatic heterocycles. The Morgan fingerprint density at radius 3 is 2.86 bits per heavy atom. The second-order valence-electron chi connectivity index (χ2n) is 6.44. The molecule has 1 heterocycles. The van der Waals surface area contributed by atoms with Crippen LogP contribution in [0.1, 0.15) is 44.6 Å². The van der Waals surface area contributed by atoms with E-state index in [-0.39, 0.29) is 0 Å². The van der Waals surface area contributed by atoms with Crippen molar-refractivity contribution in [3.05, 3.63) is 29.8 Å². The molecule has 0 saturated heterocycles. The van der Waals surface area contributed by atoms with Crippen LogP contribution in [-0.2, 0) is 11.3 Å². The summed E-state index contributed by atoms with van der Waals surface area (Å²) in [5.74, 6) is 0. The molecule has 0 atom stereocenters. The van der Waals surface area contributed by atoms with Gasteiger partial charge in [0.15, 0.2) is 0 Å². The summed E-state index contributed by atoms with van der Waals surface area (Å²) in [5, 5.41) is 3.87. The summed E-state index contributed by atoms with van der Waals surface area (Å²) in [6.07, 6.45) is 6.50. The normalized spacial score (nSPS) is 20.5. The van der Waals surface area contributed by atoms with E-state index in [0.717, 1.165) is 39.3 Å². The van der Waals surface area contributed by atoms with E-state index in [4.69, 9.17) is 4.74 Å². The third-order valence-electron chi connectivity index (χ3n) is 4.96. The van der Waals surface area contributed by atoms with E-state index in [1.165, 1.54) is 36.9 Å². The predicted octanol–water partition coefficient (Wildman–Crippen LogP) is 3.34. The standard InChI is InChI=1S/C18H28N2O/c1-2-21-13-7-12-20-15-18(10-5-6-11-18)19-14-16-8-3-4-9-17(16)20/h3-4,8-9,19H,2,5-7,10-15H2,1H3. The topological polar surface area (TPSA) is 24.5 Å². The Labute approximate surface area is 128 Å². The molecule has 0 radical (unpaired) electrons. The first-order chi connectivity index (χ1) is 10.3. The van der Waals surface area contributed by atoms with Crippen LogP contribution in [0.2, 0.25) is 0 Å². The van der Waals surface area contributed by atoms with Gasteiger partial charge in [0.2, 0.25) is 0 Å². The van der Waals surface area contributed by atoms with Gasteiger partial charge in [0.25, 0.3) is 0 Å². The fraction of sp³-hybridized carbons (Fsp3) is 0.667. The number of fused-ring (bicyclic) bond motifs is 1. The number of ether oxygens (including phenoxy) is 1. The van der Waals surface area contributed by atoms with E-state index in [1.807, 2.05) is 0 Å². The van der Waals surface area contributed by atoms with Gasteiger partial charge in [-0.3, -0.25) is 0 Å². The minimum absolute atomic E-state index is 0.338. The monoisotopic (exact) mass is 288 g/mol. The summed E-state index contributed by atoms with van der Waals surface area (Å²) in [4.78, 5) is 2.60. The van der Waals surface area contributed by atoms with Gasteiger partial charge in [-0.1, -0.05) is 31.0 Å². The molecule has 3 heteroatoms. The van der Waals surface area contributed by atoms with Crippen LogP contribution in [0.3, 0.4) is 0 Å². The lowest BCUT2D eigenvalue weighted by Gasteiger charge is -2.35. The molecule has 1 spiro atoms. The highest BCUT2D eigenvalue weighted by Gasteiger charge is 2.37. The fourth-order valence-corrected chi connectivity index (χ4v) is 3.85. The largest absolute Gasteiger partial charge is 0.382 e. The average Bonchev–Trinajstić information content (AvgIpc) is 2.91. The number of nitrogens with zero attached hydrogens (tertiary/aromatic N) is 1. The van der Waals surface area contributed by atoms with Crippen LogP contribution in [0.25, 0.3) is 0 Å². The smallest absolute Gasteiger partial charge is 0.0482 e. The molecule has 1 aromatic rings. The molecule has 3 nitrogen and oxygen atoms in total. The Bertz CT molecular complexity index is 454. The molecule has 1 aromatic carbocycles. The lowest BCUT2D eigenvalue weighted by atomic mass is 9.97. The molecule has 21 heavy (non-hydrogen) atoms. The van der Waals surface area contributed by atoms with Gasteiger partial charge in [-0.05, 0) is 37.8 Å². The van der Waals surface area contributed by atoms with E-state index in [2.05, 4.69) is 41.4 Å². The first-order valence-corrected chi connectivity index (χ1v) is 8.49. The van der Waals surface area contributed by atoms with Crippen molar-refractivity contribution >= 4 is 5.69 Å². The molecule has 2 aliphatic rings. The van der Waals surface area contributed by atoms with E-state index >= 15 is 0 Å². The number of nitrogens with one attached hydrogen (secondary N) is 1. The second-order valence-corrected chi connectivity index (χ2v) is 6.44. The lowest BCUT2D eigenvalue weighted by Crippen LogP contribution is -2.49. The number of para-hydroxylation sites is 1. The van der Waals surface area contributed by atoms with E-state index in [1.54, 1.807) is 0 Å². The average molecular weight is 288 g/mol. The number of benzene rings is 1. The summed E-state index contributed by atoms with van der Waals surface area (Å²) in [6.45, 7) is 7.02. The van der Waals surface area contributed by atoms with Crippen molar-refractivity contribution in [2.24, 2.45) is 0 Å². The Morgan fingerprint density at radius 1 is 1.24 bits per heavy atom. The number of rotatable bonds is 5. The van der Waals surface area contributed by atoms with Gasteiger partial charge in [-0.15, -0.1) is 0 Å². The van der Waals surface area contributed by atoms with Crippen LogP contribution < -0.4 is 10.2 Å². The third-order valence-corrected chi connectivity index (χ3v) is 4.96. The van der Waals surface area contributed by atoms with E-state index < -0.39 is 0 Å². The first kappa shape index (κ1) is 14.9. The van der Waals surface area contributed by atoms with Crippen molar-refractivity contribution in [3.63, 3.8) is 0 Å². The summed E-state index contributed by atoms with van der Waals surface area (Å²) in [5.41, 5.74) is 3.20. The van der Waals surface area contributed by atoms with Gasteiger partial charge < -0.3 is 15.0 Å². The Kier molecular flexibility index (Phi) is 4.81. The maximum atomic E-state index is 5.52. The molecule has 1 fully saturated rings. The highest BCUT2D eigenvalue weighted by atomic mass is 16.5. The van der Waals surface area contributed by atoms with Crippen molar-refractivity contribution in [1.82, 2.24) is 5.32 Å². The molecule has 1 N–H and O–H groups in total. The maximum absolute atomic E-state index is 5.52. The van der Waals surface area contributed by atoms with Gasteiger partial charge in [0, 0.05) is 44.1 Å². The van der Waals surface area contributed by atoms with Crippen molar-refractivity contribution in [2.75, 3.05) is 31.2 Å². The third kappa shape index (κ3) is 3.41. The van der Waals surface area contributed by atoms with E-state index in [0.29, 0.717) is 5.54 Å². The molecular formula is C18H28N2O. The first-order valence-electron chi connectivity index (χ1n) is 8.49. The Balaban J connectivity index is 1.75. The molecule has 0 unspecified atom stereocenters. The molecule has 0 bridgehead atoms. The van der Waals surface area contributed by atoms with Crippen LogP contribution in [0.5, 0.6) is 0 Å². The molecule has 116 valence electrons. The Morgan fingerprint density at radius 2 is 2.05 bits per heavy atom. The zero-order valence-electron chi connectivity index (χ0n) is 13.2. The summed E-state index contributed by atoms with van der Waals surface area (Å²) >= 11 is 0. The zero-order valence-corrected chi connectivity index (χ0v) is 13.2. The predicted molar refractivity (Wildman–Crippen MR) is 87.8 cm³/mol. The van der Waals surface area contributed by atoms with Crippen molar-refractivity contribution in [3.8, 4) is 0 Å². The minimum Gasteiger partial charge on any atom is -0.382 e. The summed E-state index contributed by atoms with van der Waals surface area (Å²) in [7, 11) is 0. The Hall–Kier alpha value is -1.06. The summed E-state index contributed by atoms with van der Waals surface area (Å²) in [6, 6.07) is 8.88. The quantitative estimate of drug-likeness (QED) is 0.841. The SMILES string of the molecule is CCOCCCN1CC2(CCCC2)NCc2ccccc21. The fourth-order valence-electron chi connectivity index (χ4n) is 3.85. The van der Waals surface area contributed by atoms with Crippen molar-refractivity contribution in [1.29, 1.82) is 0 Å². The van der Waals surface area contributed by atoms with Crippen LogP contribution in [-0.4, -0.2) is 31.8 Å². The van der Waals surface area contributed by atoms with Crippen molar-refractivity contribution < 1.29 is 4.74 Å². The van der Waals surface area contributed by atoms with Crippen LogP contribution in [0.15, 0.2) is 24.3 Å². The van der Waals surface area contributed by atoms with Crippen molar-refractivity contribution in [2.45, 2.75) is 51.1 Å². The van der Waals surface area contributed by atoms with Gasteiger partial charge >= 0.3 is 0 Å². The van der Waals surface area contributed by atoms with Gasteiger partial charge in [0.05, 0.1) is 0 Å². The number of hydrogen-bond donors (Lipinski definition) is 1. The molecular weight excluding hydrogens is 260 g/mol. The highest BCUT2D eigenvalue weighted by molar-refractivity contribution is 5.55. The minimum atomic E-state index is 0.338. The molecule has 1 aliphatic carbocycles. The highest BCUT2D eigenvalue weighted by Crippen LogP contribution is 2.35. The van der Waals surface area contributed by atoms with Gasteiger partial charge in [-0.2, -0.15) is 0 Å². The molecule has 3 rings (SSSR count). The number of anilines is 1. The van der Waals surface area contributed by atoms with Crippen LogP contribution in [0.4, 0.5) is 5.69 Å². The lowest BCUT2D eigenvalue weighted by molar-refractivity contribution is 0.145. The van der Waals surface area contributed by atoms with Gasteiger partial charge in [0.1, 0.15) is 0 Å².